The minimum atomic E-state index is -1.30. The molecular weight excluding hydrogens is 222 g/mol. The molecule has 1 heterocycles. The lowest BCUT2D eigenvalue weighted by Gasteiger charge is -2.20. The molecule has 0 radical (unpaired) electrons. The van der Waals surface area contributed by atoms with Crippen LogP contribution in [-0.4, -0.2) is 44.7 Å². The Morgan fingerprint density at radius 3 is 2.82 bits per heavy atom. The first-order valence-corrected chi connectivity index (χ1v) is 5.55. The van der Waals surface area contributed by atoms with E-state index in [9.17, 15) is 9.90 Å². The van der Waals surface area contributed by atoms with Crippen LogP contribution in [0.5, 0.6) is 0 Å². The fraction of sp³-hybridized carbons (Fsp3) is 0.636. The highest BCUT2D eigenvalue weighted by Crippen LogP contribution is 2.05. The van der Waals surface area contributed by atoms with E-state index in [1.807, 2.05) is 13.8 Å². The molecule has 0 aliphatic rings. The van der Waals surface area contributed by atoms with Crippen LogP contribution in [0.4, 0.5) is 0 Å². The minimum Gasteiger partial charge on any atom is -0.393 e. The molecule has 0 saturated heterocycles. The Kier molecular flexibility index (Phi) is 4.25. The van der Waals surface area contributed by atoms with Crippen molar-refractivity contribution in [1.29, 1.82) is 0 Å². The summed E-state index contributed by atoms with van der Waals surface area (Å²) in [6, 6.07) is 1.69. The summed E-state index contributed by atoms with van der Waals surface area (Å²) < 4.78 is 1.60. The predicted octanol–water partition coefficient (Wildman–Crippen LogP) is -0.315. The maximum atomic E-state index is 11.8. The molecule has 0 bridgehead atoms. The molecule has 1 rings (SSSR count). The number of rotatable bonds is 5. The molecule has 1 aromatic heterocycles. The number of aliphatic hydroxyl groups is 2. The fourth-order valence-electron chi connectivity index (χ4n) is 1.39. The zero-order chi connectivity index (χ0) is 13.1. The van der Waals surface area contributed by atoms with Crippen molar-refractivity contribution in [2.45, 2.75) is 32.9 Å². The lowest BCUT2D eigenvalue weighted by Crippen LogP contribution is -2.43. The van der Waals surface area contributed by atoms with Gasteiger partial charge < -0.3 is 15.5 Å². The van der Waals surface area contributed by atoms with Crippen LogP contribution < -0.4 is 5.32 Å². The zero-order valence-corrected chi connectivity index (χ0v) is 10.4. The number of aromatic nitrogens is 2. The summed E-state index contributed by atoms with van der Waals surface area (Å²) in [6.07, 6.45) is 0. The van der Waals surface area contributed by atoms with Crippen LogP contribution in [0.3, 0.4) is 0 Å². The van der Waals surface area contributed by atoms with Gasteiger partial charge in [0.05, 0.1) is 12.3 Å². The van der Waals surface area contributed by atoms with Gasteiger partial charge in [-0.15, -0.1) is 0 Å². The van der Waals surface area contributed by atoms with Crippen LogP contribution in [-0.2, 0) is 6.54 Å². The Morgan fingerprint density at radius 2 is 2.29 bits per heavy atom. The van der Waals surface area contributed by atoms with E-state index in [0.717, 1.165) is 5.69 Å². The Hall–Kier alpha value is -1.40. The first kappa shape index (κ1) is 13.7. The lowest BCUT2D eigenvalue weighted by molar-refractivity contribution is 0.00312. The molecule has 0 aromatic carbocycles. The number of hydrogen-bond donors (Lipinski definition) is 3. The number of amides is 1. The second-order valence-electron chi connectivity index (χ2n) is 4.32. The molecule has 6 heteroatoms. The van der Waals surface area contributed by atoms with Crippen molar-refractivity contribution in [3.8, 4) is 0 Å². The van der Waals surface area contributed by atoms with Gasteiger partial charge in [0.2, 0.25) is 0 Å². The molecule has 1 amide bonds. The lowest BCUT2D eigenvalue weighted by atomic mass is 10.1. The van der Waals surface area contributed by atoms with Crippen LogP contribution in [0.15, 0.2) is 6.07 Å². The Morgan fingerprint density at radius 1 is 1.65 bits per heavy atom. The van der Waals surface area contributed by atoms with E-state index in [1.165, 1.54) is 6.92 Å². The molecule has 1 unspecified atom stereocenters. The second kappa shape index (κ2) is 5.29. The molecule has 0 spiro atoms. The summed E-state index contributed by atoms with van der Waals surface area (Å²) in [6.45, 7) is 5.36. The van der Waals surface area contributed by atoms with Gasteiger partial charge in [0, 0.05) is 13.1 Å². The van der Waals surface area contributed by atoms with Crippen LogP contribution in [0, 0.1) is 6.92 Å². The fourth-order valence-corrected chi connectivity index (χ4v) is 1.39. The van der Waals surface area contributed by atoms with Crippen molar-refractivity contribution in [2.75, 3.05) is 13.2 Å². The molecule has 96 valence electrons. The van der Waals surface area contributed by atoms with Crippen molar-refractivity contribution >= 4 is 5.91 Å². The maximum Gasteiger partial charge on any atom is 0.269 e. The van der Waals surface area contributed by atoms with Gasteiger partial charge >= 0.3 is 0 Å². The normalized spacial score (nSPS) is 14.4. The van der Waals surface area contributed by atoms with Crippen molar-refractivity contribution in [2.24, 2.45) is 0 Å². The van der Waals surface area contributed by atoms with Crippen LogP contribution in [0.1, 0.15) is 30.0 Å². The molecule has 0 aliphatic heterocycles. The maximum absolute atomic E-state index is 11.8. The number of aliphatic hydroxyl groups excluding tert-OH is 1. The smallest absolute Gasteiger partial charge is 0.269 e. The molecule has 0 fully saturated rings. The molecule has 1 atom stereocenters. The first-order chi connectivity index (χ1) is 7.89. The summed E-state index contributed by atoms with van der Waals surface area (Å²) in [5.74, 6) is -0.304. The van der Waals surface area contributed by atoms with E-state index in [2.05, 4.69) is 10.4 Å². The summed E-state index contributed by atoms with van der Waals surface area (Å²) in [4.78, 5) is 11.8. The van der Waals surface area contributed by atoms with Gasteiger partial charge in [-0.3, -0.25) is 9.48 Å². The standard InChI is InChI=1S/C11H19N3O3/c1-4-14-9(5-8(2)13-14)10(16)12-6-11(3,17)7-15/h5,15,17H,4,6-7H2,1-3H3,(H,12,16). The highest BCUT2D eigenvalue weighted by molar-refractivity contribution is 5.92. The Bertz CT molecular complexity index is 399. The number of carbonyl (C=O) groups excluding carboxylic acids is 1. The van der Waals surface area contributed by atoms with Gasteiger partial charge in [-0.05, 0) is 26.8 Å². The SMILES string of the molecule is CCn1nc(C)cc1C(=O)NCC(C)(O)CO. The van der Waals surface area contributed by atoms with Gasteiger partial charge in [0.1, 0.15) is 11.3 Å². The average Bonchev–Trinajstić information content (AvgIpc) is 2.67. The van der Waals surface area contributed by atoms with E-state index in [1.54, 1.807) is 10.7 Å². The third-order valence-electron chi connectivity index (χ3n) is 2.40. The third-order valence-corrected chi connectivity index (χ3v) is 2.40. The topological polar surface area (TPSA) is 87.4 Å². The van der Waals surface area contributed by atoms with Crippen LogP contribution >= 0.6 is 0 Å². The molecule has 3 N–H and O–H groups in total. The summed E-state index contributed by atoms with van der Waals surface area (Å²) in [5, 5.41) is 25.2. The van der Waals surface area contributed by atoms with E-state index in [-0.39, 0.29) is 12.5 Å². The van der Waals surface area contributed by atoms with Crippen molar-refractivity contribution < 1.29 is 15.0 Å². The second-order valence-corrected chi connectivity index (χ2v) is 4.32. The van der Waals surface area contributed by atoms with E-state index in [4.69, 9.17) is 5.11 Å². The van der Waals surface area contributed by atoms with Gasteiger partial charge in [-0.25, -0.2) is 0 Å². The van der Waals surface area contributed by atoms with Crippen molar-refractivity contribution in [3.63, 3.8) is 0 Å². The number of aryl methyl sites for hydroxylation is 2. The number of hydrogen-bond acceptors (Lipinski definition) is 4. The Balaban J connectivity index is 2.70. The van der Waals surface area contributed by atoms with Gasteiger partial charge in [-0.2, -0.15) is 5.10 Å². The van der Waals surface area contributed by atoms with E-state index in [0.29, 0.717) is 12.2 Å². The van der Waals surface area contributed by atoms with Crippen LogP contribution in [0.2, 0.25) is 0 Å². The van der Waals surface area contributed by atoms with E-state index < -0.39 is 12.2 Å². The highest BCUT2D eigenvalue weighted by atomic mass is 16.3. The highest BCUT2D eigenvalue weighted by Gasteiger charge is 2.21. The summed E-state index contributed by atoms with van der Waals surface area (Å²) in [7, 11) is 0. The average molecular weight is 241 g/mol. The first-order valence-electron chi connectivity index (χ1n) is 5.55. The van der Waals surface area contributed by atoms with Crippen molar-refractivity contribution in [1.82, 2.24) is 15.1 Å². The molecule has 0 saturated carbocycles. The predicted molar refractivity (Wildman–Crippen MR) is 62.7 cm³/mol. The minimum absolute atomic E-state index is 0.00370. The van der Waals surface area contributed by atoms with Crippen LogP contribution in [0.25, 0.3) is 0 Å². The number of nitrogens with one attached hydrogen (secondary N) is 1. The molecular formula is C11H19N3O3. The zero-order valence-electron chi connectivity index (χ0n) is 10.4. The monoisotopic (exact) mass is 241 g/mol. The van der Waals surface area contributed by atoms with Gasteiger partial charge in [-0.1, -0.05) is 0 Å². The number of carbonyl (C=O) groups is 1. The quantitative estimate of drug-likeness (QED) is 0.659. The molecule has 1 aromatic rings. The Labute approximate surface area is 100 Å². The molecule has 17 heavy (non-hydrogen) atoms. The largest absolute Gasteiger partial charge is 0.393 e. The summed E-state index contributed by atoms with van der Waals surface area (Å²) >= 11 is 0. The number of nitrogens with zero attached hydrogens (tertiary/aromatic N) is 2. The van der Waals surface area contributed by atoms with E-state index >= 15 is 0 Å². The van der Waals surface area contributed by atoms with Gasteiger partial charge in [0.25, 0.3) is 5.91 Å². The third kappa shape index (κ3) is 3.54. The molecule has 6 nitrogen and oxygen atoms in total. The van der Waals surface area contributed by atoms with Gasteiger partial charge in [0.15, 0.2) is 0 Å². The molecule has 0 aliphatic carbocycles. The van der Waals surface area contributed by atoms with Crippen molar-refractivity contribution in [3.05, 3.63) is 17.5 Å². The summed E-state index contributed by atoms with van der Waals surface area (Å²) in [5.41, 5.74) is -0.0773.